The van der Waals surface area contributed by atoms with Crippen LogP contribution in [0.3, 0.4) is 0 Å². The van der Waals surface area contributed by atoms with Crippen LogP contribution in [0.1, 0.15) is 111 Å². The average molecular weight is 1520 g/mol. The molecule has 0 aromatic carbocycles. The Labute approximate surface area is 614 Å². The number of hydrogen-bond donors (Lipinski definition) is 17. The first kappa shape index (κ1) is 86.2. The molecule has 37 nitrogen and oxygen atoms in total. The first-order valence-corrected chi connectivity index (χ1v) is 38.6. The van der Waals surface area contributed by atoms with Crippen molar-refractivity contribution >= 4 is 74.8 Å². The zero-order valence-electron chi connectivity index (χ0n) is 59.9. The summed E-state index contributed by atoms with van der Waals surface area (Å²) in [6, 6.07) is -7.68. The molecule has 5 amide bonds. The van der Waals surface area contributed by atoms with Gasteiger partial charge in [-0.2, -0.15) is 0 Å². The number of nitrogens with one attached hydrogen (secondary N) is 4. The number of aliphatic hydroxyl groups is 6. The molecular weight excluding hydrogens is 1410 g/mol. The van der Waals surface area contributed by atoms with E-state index in [1.165, 1.54) is 41.2 Å². The zero-order chi connectivity index (χ0) is 76.2. The topological polar surface area (TPSA) is 591 Å². The summed E-state index contributed by atoms with van der Waals surface area (Å²) in [5, 5.41) is 85.1. The lowest BCUT2D eigenvalue weighted by Crippen LogP contribution is -2.68. The van der Waals surface area contributed by atoms with Gasteiger partial charge in [-0.3, -0.25) is 44.4 Å². The van der Waals surface area contributed by atoms with Crippen LogP contribution in [-0.2, 0) is 76.2 Å². The van der Waals surface area contributed by atoms with Crippen LogP contribution in [0.2, 0.25) is 0 Å². The molecule has 6 saturated heterocycles. The SMILES string of the molecule is CC(C)CO[C@@H]1CC(C(N)=O)N(C(=O)[C@@H]2C[C@@H](OCCCNC(=N)N)CN2C(=O)C2C[C@@H](OCCCNC(=N)N)CN2C(=O)[C@@H]2C[C@@H](OCC(C)C)CN2C(=O)CCC(=O)CCCSSCCCC(=O)OC[C@H]2O[C@H](O[C@@H]3[C@@H](O)[C@H](O[C@H]4O[C@H](CN)[C@@H](O)[C@H](O)[C@H]4O)[C@@H](N)C[C@H]3N)[C@H](O)[C@@H](N)[C@@H]2O)C1. The largest absolute Gasteiger partial charge is 0.463 e. The maximum Gasteiger partial charge on any atom is 0.305 e. The highest BCUT2D eigenvalue weighted by Gasteiger charge is 2.55. The molecule has 6 heterocycles. The molecule has 2 unspecified atom stereocenters. The monoisotopic (exact) mass is 1520 g/mol. The molecule has 24 N–H and O–H groups in total. The van der Waals surface area contributed by atoms with Crippen LogP contribution in [0.25, 0.3) is 0 Å². The van der Waals surface area contributed by atoms with E-state index in [2.05, 4.69) is 10.6 Å². The van der Waals surface area contributed by atoms with Gasteiger partial charge in [0.25, 0.3) is 0 Å². The number of ketones is 1. The molecule has 6 aliphatic heterocycles. The molecule has 23 atom stereocenters. The van der Waals surface area contributed by atoms with Crippen molar-refractivity contribution in [3.63, 3.8) is 0 Å². The maximum absolute atomic E-state index is 15.4. The summed E-state index contributed by atoms with van der Waals surface area (Å²) in [5.41, 5.74) is 41.3. The molecule has 0 bridgehead atoms. The fourth-order valence-electron chi connectivity index (χ4n) is 13.8. The third kappa shape index (κ3) is 24.3. The van der Waals surface area contributed by atoms with Gasteiger partial charge in [0, 0.05) is 147 Å². The van der Waals surface area contributed by atoms with E-state index in [-0.39, 0.29) is 133 Å². The second kappa shape index (κ2) is 41.5. The van der Waals surface area contributed by atoms with Crippen LogP contribution in [0, 0.1) is 22.7 Å². The number of rotatable bonds is 39. The van der Waals surface area contributed by atoms with E-state index in [1.54, 1.807) is 0 Å². The van der Waals surface area contributed by atoms with Crippen molar-refractivity contribution in [3.8, 4) is 0 Å². The number of amides is 5. The van der Waals surface area contributed by atoms with Crippen molar-refractivity contribution in [2.45, 2.75) is 251 Å². The van der Waals surface area contributed by atoms with E-state index in [4.69, 9.17) is 93.6 Å². The summed E-state index contributed by atoms with van der Waals surface area (Å²) >= 11 is 0. The Hall–Kier alpha value is -4.99. The smallest absolute Gasteiger partial charge is 0.305 e. The van der Waals surface area contributed by atoms with Crippen molar-refractivity contribution in [3.05, 3.63) is 0 Å². The lowest BCUT2D eigenvalue weighted by molar-refractivity contribution is -0.332. The average Bonchev–Trinajstić information content (AvgIpc) is 1.16. The Morgan fingerprint density at radius 1 is 0.519 bits per heavy atom. The Kier molecular flexibility index (Phi) is 34.5. The van der Waals surface area contributed by atoms with Crippen molar-refractivity contribution in [1.82, 2.24) is 30.2 Å². The van der Waals surface area contributed by atoms with E-state index < -0.39 is 182 Å². The molecule has 104 heavy (non-hydrogen) atoms. The number of likely N-dealkylation sites (tertiary alicyclic amines) is 4. The third-order valence-electron chi connectivity index (χ3n) is 19.4. The normalized spacial score (nSPS) is 33.8. The summed E-state index contributed by atoms with van der Waals surface area (Å²) in [6.07, 6.45) is -18.4. The summed E-state index contributed by atoms with van der Waals surface area (Å²) in [6.45, 7) is 8.94. The number of aliphatic hydroxyl groups excluding tert-OH is 6. The molecule has 0 spiro atoms. The minimum absolute atomic E-state index is 0.00941. The number of hydrogen-bond acceptors (Lipinski definition) is 30. The van der Waals surface area contributed by atoms with Crippen molar-refractivity contribution < 1.29 is 107 Å². The first-order chi connectivity index (χ1) is 49.4. The number of nitrogens with two attached hydrogens (primary N) is 7. The minimum Gasteiger partial charge on any atom is -0.463 e. The van der Waals surface area contributed by atoms with Gasteiger partial charge in [-0.15, -0.1) is 0 Å². The molecule has 0 aromatic heterocycles. The van der Waals surface area contributed by atoms with Gasteiger partial charge in [-0.1, -0.05) is 49.3 Å². The molecule has 0 radical (unpaired) electrons. The second-order valence-electron chi connectivity index (χ2n) is 28.7. The molecule has 1 aliphatic carbocycles. The van der Waals surface area contributed by atoms with Crippen LogP contribution < -0.4 is 50.8 Å². The number of esters is 1. The fourth-order valence-corrected chi connectivity index (χ4v) is 16.0. The Balaban J connectivity index is 0.897. The molecule has 0 aromatic rings. The highest BCUT2D eigenvalue weighted by atomic mass is 33.1. The van der Waals surface area contributed by atoms with Gasteiger partial charge in [0.05, 0.1) is 30.5 Å². The van der Waals surface area contributed by atoms with Gasteiger partial charge in [0.2, 0.25) is 29.5 Å². The van der Waals surface area contributed by atoms with Crippen molar-refractivity contribution in [2.75, 3.05) is 90.4 Å². The van der Waals surface area contributed by atoms with E-state index in [0.29, 0.717) is 63.5 Å². The number of ether oxygens (including phenoxy) is 9. The fraction of sp³-hybridized carbons (Fsp3) is 0.862. The number of nitrogens with zero attached hydrogens (tertiary/aromatic N) is 4. The molecule has 7 rings (SSSR count). The summed E-state index contributed by atoms with van der Waals surface area (Å²) in [4.78, 5) is 105. The third-order valence-corrected chi connectivity index (χ3v) is 22.0. The van der Waals surface area contributed by atoms with E-state index >= 15 is 9.59 Å². The first-order valence-electron chi connectivity index (χ1n) is 36.1. The Bertz CT molecular complexity index is 2820. The maximum atomic E-state index is 15.4. The predicted molar refractivity (Wildman–Crippen MR) is 377 cm³/mol. The van der Waals surface area contributed by atoms with Gasteiger partial charge >= 0.3 is 5.97 Å². The second-order valence-corrected chi connectivity index (χ2v) is 31.4. The number of primary amides is 1. The minimum atomic E-state index is -1.75. The summed E-state index contributed by atoms with van der Waals surface area (Å²) in [7, 11) is 2.97. The zero-order valence-corrected chi connectivity index (χ0v) is 61.5. The number of carbonyl (C=O) groups is 7. The summed E-state index contributed by atoms with van der Waals surface area (Å²) < 4.78 is 53.5. The highest BCUT2D eigenvalue weighted by Crippen LogP contribution is 2.36. The van der Waals surface area contributed by atoms with Crippen molar-refractivity contribution in [1.29, 1.82) is 10.8 Å². The Morgan fingerprint density at radius 3 is 1.44 bits per heavy atom. The van der Waals surface area contributed by atoms with Gasteiger partial charge < -0.3 is 144 Å². The predicted octanol–water partition coefficient (Wildman–Crippen LogP) is -5.96. The quantitative estimate of drug-likeness (QED) is 0.00896. The van der Waals surface area contributed by atoms with E-state index in [1.807, 2.05) is 27.7 Å². The number of Topliss-reactive ketones (excluding diaryl/α,β-unsaturated/α-hetero) is 1. The van der Waals surface area contributed by atoms with Crippen LogP contribution in [0.4, 0.5) is 0 Å². The lowest BCUT2D eigenvalue weighted by Gasteiger charge is -2.48. The van der Waals surface area contributed by atoms with E-state index in [0.717, 1.165) is 0 Å². The van der Waals surface area contributed by atoms with E-state index in [9.17, 15) is 54.6 Å². The number of carbonyl (C=O) groups excluding carboxylic acids is 7. The highest BCUT2D eigenvalue weighted by molar-refractivity contribution is 8.76. The molecule has 594 valence electrons. The van der Waals surface area contributed by atoms with Crippen LogP contribution in [-0.4, -0.2) is 334 Å². The van der Waals surface area contributed by atoms with Gasteiger partial charge in [0.1, 0.15) is 97.6 Å². The van der Waals surface area contributed by atoms with Gasteiger partial charge in [-0.05, 0) is 43.9 Å². The lowest BCUT2D eigenvalue weighted by atomic mass is 9.84. The standard InChI is InChI=1S/C65H115N15O22S2/c1-32(2)29-96-37-19-41(58(70)90)78(28-37)60(92)43-20-35(94-15-7-13-75-64(71)72)27-80(43)61(93)44-21-36(95-16-8-14-76-65(73)74)26-79(44)59(91)42-22-38(97-30-33(3)4)25-77(42)47(82)12-11-34(81)9-5-17-103-104-18-6-10-48(83)98-31-46-50(84)49(69)52(86)62(100-46)101-56-39(67)23-40(68)57(55(56)89)102-63-54(88)53(87)51(85)45(24-66)99-63/h32-33,35-46,49-57,62-63,84-89H,5-31,66-69H2,1-4H3,(H2,70,90)(H4,71,72,75)(H4,73,74,76)/t35-,36-,37-,38-,39-,40+,41?,42+,43+,44?,45-,46-,49+,50-,51-,52-,53+,54-,55-,56+,57-,62-,63-/m1/s1. The summed E-state index contributed by atoms with van der Waals surface area (Å²) in [5.74, 6) is -2.62. The molecular formula is C65H115N15O22S2. The Morgan fingerprint density at radius 2 is 0.962 bits per heavy atom. The molecule has 7 fully saturated rings. The van der Waals surface area contributed by atoms with Crippen molar-refractivity contribution in [2.24, 2.45) is 52.0 Å². The molecule has 1 saturated carbocycles. The van der Waals surface area contributed by atoms with Crippen LogP contribution in [0.5, 0.6) is 0 Å². The number of guanidine groups is 2. The molecule has 7 aliphatic rings. The van der Waals surface area contributed by atoms with Crippen LogP contribution >= 0.6 is 21.6 Å². The van der Waals surface area contributed by atoms with Gasteiger partial charge in [-0.25, -0.2) is 0 Å². The van der Waals surface area contributed by atoms with Gasteiger partial charge in [0.15, 0.2) is 24.5 Å². The van der Waals surface area contributed by atoms with Crippen LogP contribution in [0.15, 0.2) is 0 Å². The molecule has 39 heteroatoms.